The maximum atomic E-state index is 5.74. The van der Waals surface area contributed by atoms with Crippen molar-refractivity contribution >= 4 is 11.5 Å². The minimum atomic E-state index is -0.227. The lowest BCUT2D eigenvalue weighted by Crippen LogP contribution is -2.29. The number of aromatic nitrogens is 2. The van der Waals surface area contributed by atoms with Gasteiger partial charge in [0.15, 0.2) is 0 Å². The Bertz CT molecular complexity index is 573. The van der Waals surface area contributed by atoms with Gasteiger partial charge >= 0.3 is 0 Å². The van der Waals surface area contributed by atoms with Crippen molar-refractivity contribution in [1.29, 1.82) is 0 Å². The number of nitrogens with zero attached hydrogens (tertiary/aromatic N) is 2. The maximum Gasteiger partial charge on any atom is 0.124 e. The average Bonchev–Trinajstić information content (AvgIpc) is 2.96. The molecule has 0 bridgehead atoms. The Balaban J connectivity index is 2.50. The summed E-state index contributed by atoms with van der Waals surface area (Å²) in [6, 6.07) is 5.39. The fourth-order valence-corrected chi connectivity index (χ4v) is 2.87. The number of hydrogen-bond acceptors (Lipinski definition) is 7. The SMILES string of the molecule is CCc1nnsc1C(NN)c1cc(OC)ccc1OC. The molecule has 6 nitrogen and oxygen atoms in total. The first-order valence-electron chi connectivity index (χ1n) is 6.24. The van der Waals surface area contributed by atoms with Crippen LogP contribution in [0.3, 0.4) is 0 Å². The van der Waals surface area contributed by atoms with Crippen LogP contribution in [0, 0.1) is 0 Å². The molecule has 1 unspecified atom stereocenters. The number of nitrogens with one attached hydrogen (secondary N) is 1. The largest absolute Gasteiger partial charge is 0.497 e. The molecule has 7 heteroatoms. The number of hydrogen-bond donors (Lipinski definition) is 2. The summed E-state index contributed by atoms with van der Waals surface area (Å²) < 4.78 is 14.7. The Morgan fingerprint density at radius 1 is 1.35 bits per heavy atom. The van der Waals surface area contributed by atoms with Gasteiger partial charge in [0, 0.05) is 5.56 Å². The quantitative estimate of drug-likeness (QED) is 0.623. The van der Waals surface area contributed by atoms with Gasteiger partial charge in [-0.05, 0) is 36.2 Å². The number of benzene rings is 1. The lowest BCUT2D eigenvalue weighted by atomic mass is 10.0. The molecule has 0 radical (unpaired) electrons. The summed E-state index contributed by atoms with van der Waals surface area (Å²) in [7, 11) is 3.26. The molecule has 0 fully saturated rings. The number of rotatable bonds is 6. The second-order valence-electron chi connectivity index (χ2n) is 4.14. The molecule has 20 heavy (non-hydrogen) atoms. The van der Waals surface area contributed by atoms with Crippen LogP contribution in [-0.2, 0) is 6.42 Å². The molecule has 0 amide bonds. The van der Waals surface area contributed by atoms with Crippen LogP contribution < -0.4 is 20.7 Å². The van der Waals surface area contributed by atoms with Crippen molar-refractivity contribution in [2.24, 2.45) is 5.84 Å². The standard InChI is InChI=1S/C13H18N4O2S/c1-4-10-13(20-17-16-10)12(15-14)9-7-8(18-2)5-6-11(9)19-3/h5-7,12,15H,4,14H2,1-3H3. The fourth-order valence-electron chi connectivity index (χ4n) is 2.05. The van der Waals surface area contributed by atoms with E-state index in [4.69, 9.17) is 15.3 Å². The molecule has 3 N–H and O–H groups in total. The molecule has 2 aromatic rings. The lowest BCUT2D eigenvalue weighted by molar-refractivity contribution is 0.394. The van der Waals surface area contributed by atoms with Crippen molar-refractivity contribution < 1.29 is 9.47 Å². The molecule has 1 aromatic heterocycles. The Hall–Kier alpha value is -1.70. The lowest BCUT2D eigenvalue weighted by Gasteiger charge is -2.19. The highest BCUT2D eigenvalue weighted by molar-refractivity contribution is 7.05. The van der Waals surface area contributed by atoms with Gasteiger partial charge in [0.25, 0.3) is 0 Å². The third-order valence-corrected chi connectivity index (χ3v) is 3.93. The molecule has 0 aliphatic carbocycles. The molecule has 0 saturated heterocycles. The first-order chi connectivity index (χ1) is 9.74. The Labute approximate surface area is 122 Å². The highest BCUT2D eigenvalue weighted by Gasteiger charge is 2.23. The second kappa shape index (κ2) is 6.65. The average molecular weight is 294 g/mol. The van der Waals surface area contributed by atoms with E-state index in [0.29, 0.717) is 0 Å². The highest BCUT2D eigenvalue weighted by Crippen LogP contribution is 2.35. The van der Waals surface area contributed by atoms with Crippen LogP contribution >= 0.6 is 11.5 Å². The third kappa shape index (κ3) is 2.74. The van der Waals surface area contributed by atoms with Crippen LogP contribution in [0.2, 0.25) is 0 Å². The highest BCUT2D eigenvalue weighted by atomic mass is 32.1. The van der Waals surface area contributed by atoms with Crippen LogP contribution in [0.5, 0.6) is 11.5 Å². The van der Waals surface area contributed by atoms with Crippen LogP contribution in [0.25, 0.3) is 0 Å². The molecule has 1 heterocycles. The minimum Gasteiger partial charge on any atom is -0.497 e. The Morgan fingerprint density at radius 3 is 2.75 bits per heavy atom. The number of aryl methyl sites for hydroxylation is 1. The zero-order valence-electron chi connectivity index (χ0n) is 11.7. The van der Waals surface area contributed by atoms with Crippen molar-refractivity contribution in [2.45, 2.75) is 19.4 Å². The summed E-state index contributed by atoms with van der Waals surface area (Å²) in [5.41, 5.74) is 4.65. The molecular formula is C13H18N4O2S. The van der Waals surface area contributed by atoms with E-state index in [1.807, 2.05) is 25.1 Å². The van der Waals surface area contributed by atoms with Crippen molar-refractivity contribution in [3.05, 3.63) is 34.3 Å². The number of nitrogens with two attached hydrogens (primary N) is 1. The first kappa shape index (κ1) is 14.7. The van der Waals surface area contributed by atoms with E-state index in [2.05, 4.69) is 15.0 Å². The molecule has 0 aliphatic rings. The predicted octanol–water partition coefficient (Wildman–Crippen LogP) is 1.67. The second-order valence-corrected chi connectivity index (χ2v) is 4.93. The summed E-state index contributed by atoms with van der Waals surface area (Å²) in [6.07, 6.45) is 0.802. The van der Waals surface area contributed by atoms with E-state index in [-0.39, 0.29) is 6.04 Å². The summed E-state index contributed by atoms with van der Waals surface area (Å²) in [5, 5.41) is 4.13. The molecule has 2 rings (SSSR count). The van der Waals surface area contributed by atoms with E-state index < -0.39 is 0 Å². The van der Waals surface area contributed by atoms with Crippen molar-refractivity contribution in [1.82, 2.24) is 15.0 Å². The van der Waals surface area contributed by atoms with Gasteiger partial charge in [0.1, 0.15) is 11.5 Å². The van der Waals surface area contributed by atoms with Gasteiger partial charge in [-0.15, -0.1) is 5.10 Å². The molecule has 0 aliphatic heterocycles. The molecule has 1 aromatic carbocycles. The summed E-state index contributed by atoms with van der Waals surface area (Å²) in [5.74, 6) is 7.23. The monoisotopic (exact) mass is 294 g/mol. The van der Waals surface area contributed by atoms with Crippen LogP contribution in [0.4, 0.5) is 0 Å². The summed E-state index contributed by atoms with van der Waals surface area (Å²) >= 11 is 1.33. The van der Waals surface area contributed by atoms with E-state index in [1.165, 1.54) is 11.5 Å². The smallest absolute Gasteiger partial charge is 0.124 e. The van der Waals surface area contributed by atoms with E-state index in [9.17, 15) is 0 Å². The van der Waals surface area contributed by atoms with Gasteiger partial charge in [0.05, 0.1) is 30.8 Å². The normalized spacial score (nSPS) is 12.2. The Kier molecular flexibility index (Phi) is 4.89. The number of ether oxygens (including phenoxy) is 2. The zero-order chi connectivity index (χ0) is 14.5. The first-order valence-corrected chi connectivity index (χ1v) is 7.01. The van der Waals surface area contributed by atoms with Crippen molar-refractivity contribution in [2.75, 3.05) is 14.2 Å². The van der Waals surface area contributed by atoms with Gasteiger partial charge in [0.2, 0.25) is 0 Å². The van der Waals surface area contributed by atoms with E-state index >= 15 is 0 Å². The van der Waals surface area contributed by atoms with Gasteiger partial charge in [-0.2, -0.15) is 0 Å². The van der Waals surface area contributed by atoms with Gasteiger partial charge in [-0.1, -0.05) is 11.4 Å². The molecule has 108 valence electrons. The molecule has 1 atom stereocenters. The number of hydrazine groups is 1. The Morgan fingerprint density at radius 2 is 2.15 bits per heavy atom. The minimum absolute atomic E-state index is 0.227. The number of methoxy groups -OCH3 is 2. The molecule has 0 saturated carbocycles. The molecular weight excluding hydrogens is 276 g/mol. The van der Waals surface area contributed by atoms with Crippen LogP contribution in [-0.4, -0.2) is 23.8 Å². The summed E-state index contributed by atoms with van der Waals surface area (Å²) in [4.78, 5) is 0.988. The third-order valence-electron chi connectivity index (χ3n) is 3.10. The van der Waals surface area contributed by atoms with E-state index in [0.717, 1.165) is 34.1 Å². The van der Waals surface area contributed by atoms with Gasteiger partial charge in [-0.3, -0.25) is 5.84 Å². The van der Waals surface area contributed by atoms with Crippen molar-refractivity contribution in [3.63, 3.8) is 0 Å². The predicted molar refractivity (Wildman–Crippen MR) is 78.0 cm³/mol. The van der Waals surface area contributed by atoms with Gasteiger partial charge in [-0.25, -0.2) is 5.43 Å². The molecule has 0 spiro atoms. The fraction of sp³-hybridized carbons (Fsp3) is 0.385. The zero-order valence-corrected chi connectivity index (χ0v) is 12.5. The maximum absolute atomic E-state index is 5.74. The summed E-state index contributed by atoms with van der Waals surface area (Å²) in [6.45, 7) is 2.04. The van der Waals surface area contributed by atoms with Crippen molar-refractivity contribution in [3.8, 4) is 11.5 Å². The van der Waals surface area contributed by atoms with Gasteiger partial charge < -0.3 is 9.47 Å². The van der Waals surface area contributed by atoms with Crippen LogP contribution in [0.1, 0.15) is 29.1 Å². The van der Waals surface area contributed by atoms with E-state index in [1.54, 1.807) is 14.2 Å². The topological polar surface area (TPSA) is 82.3 Å². The van der Waals surface area contributed by atoms with Crippen LogP contribution in [0.15, 0.2) is 18.2 Å².